The fraction of sp³-hybridized carbons (Fsp3) is 0.438. The van der Waals surface area contributed by atoms with Crippen LogP contribution in [0.3, 0.4) is 0 Å². The van der Waals surface area contributed by atoms with E-state index in [1.54, 1.807) is 6.07 Å². The average Bonchev–Trinajstić information content (AvgIpc) is 2.55. The van der Waals surface area contributed by atoms with E-state index in [-0.39, 0.29) is 24.3 Å². The van der Waals surface area contributed by atoms with E-state index in [2.05, 4.69) is 26.6 Å². The highest BCUT2D eigenvalue weighted by molar-refractivity contribution is 9.10. The molecule has 0 aliphatic carbocycles. The summed E-state index contributed by atoms with van der Waals surface area (Å²) in [5.41, 5.74) is 6.88. The van der Waals surface area contributed by atoms with Crippen LogP contribution in [0.5, 0.6) is 0 Å². The Kier molecular flexibility index (Phi) is 6.19. The third kappa shape index (κ3) is 4.95. The van der Waals surface area contributed by atoms with Crippen LogP contribution in [0.25, 0.3) is 0 Å². The largest absolute Gasteiger partial charge is 0.351 e. The molecule has 8 heteroatoms. The van der Waals surface area contributed by atoms with Gasteiger partial charge in [-0.25, -0.2) is 4.79 Å². The summed E-state index contributed by atoms with van der Waals surface area (Å²) in [4.78, 5) is 36.8. The van der Waals surface area contributed by atoms with Crippen LogP contribution in [-0.2, 0) is 9.59 Å². The van der Waals surface area contributed by atoms with Gasteiger partial charge in [0.15, 0.2) is 0 Å². The number of halogens is 1. The molecule has 1 atom stereocenters. The molecule has 1 fully saturated rings. The van der Waals surface area contributed by atoms with Crippen molar-refractivity contribution < 1.29 is 14.4 Å². The Morgan fingerprint density at radius 2 is 2.12 bits per heavy atom. The molecule has 1 heterocycles. The third-order valence-corrected chi connectivity index (χ3v) is 4.48. The Bertz CT molecular complexity index is 650. The maximum absolute atomic E-state index is 12.2. The van der Waals surface area contributed by atoms with Crippen molar-refractivity contribution >= 4 is 39.5 Å². The molecule has 1 aromatic carbocycles. The van der Waals surface area contributed by atoms with Crippen molar-refractivity contribution in [1.82, 2.24) is 10.2 Å². The second-order valence-electron chi connectivity index (χ2n) is 5.85. The topological polar surface area (TPSA) is 105 Å². The van der Waals surface area contributed by atoms with Gasteiger partial charge in [0.1, 0.15) is 0 Å². The van der Waals surface area contributed by atoms with Crippen LogP contribution < -0.4 is 16.4 Å². The van der Waals surface area contributed by atoms with Gasteiger partial charge < -0.3 is 21.3 Å². The van der Waals surface area contributed by atoms with E-state index in [9.17, 15) is 14.4 Å². The zero-order valence-corrected chi connectivity index (χ0v) is 15.1. The number of likely N-dealkylation sites (tertiary alicyclic amines) is 1. The highest BCUT2D eigenvalue weighted by atomic mass is 79.9. The number of carbonyl (C=O) groups excluding carboxylic acids is 3. The molecule has 2 rings (SSSR count). The lowest BCUT2D eigenvalue weighted by Crippen LogP contribution is -2.48. The number of primary amides is 1. The first kappa shape index (κ1) is 18.3. The van der Waals surface area contributed by atoms with Crippen LogP contribution in [0.4, 0.5) is 10.5 Å². The molecule has 1 aliphatic rings. The normalized spacial score (nSPS) is 17.2. The monoisotopic (exact) mass is 396 g/mol. The van der Waals surface area contributed by atoms with E-state index in [4.69, 9.17) is 5.73 Å². The number of amides is 4. The summed E-state index contributed by atoms with van der Waals surface area (Å²) < 4.78 is 0.933. The minimum absolute atomic E-state index is 0.110. The highest BCUT2D eigenvalue weighted by Crippen LogP contribution is 2.20. The molecule has 130 valence electrons. The number of carbonyl (C=O) groups is 3. The van der Waals surface area contributed by atoms with Gasteiger partial charge in [0, 0.05) is 23.2 Å². The maximum Gasteiger partial charge on any atom is 0.314 e. The SMILES string of the molecule is Cc1cc(Br)ccc1NC(=O)CNC(=O)C1CCCN(C(N)=O)C1. The molecule has 1 saturated heterocycles. The number of hydrogen-bond donors (Lipinski definition) is 3. The quantitative estimate of drug-likeness (QED) is 0.719. The third-order valence-electron chi connectivity index (χ3n) is 3.99. The number of nitrogens with two attached hydrogens (primary N) is 1. The number of nitrogens with zero attached hydrogens (tertiary/aromatic N) is 1. The molecule has 7 nitrogen and oxygen atoms in total. The van der Waals surface area contributed by atoms with E-state index in [0.717, 1.165) is 16.5 Å². The molecule has 0 aromatic heterocycles. The van der Waals surface area contributed by atoms with Crippen LogP contribution in [0.2, 0.25) is 0 Å². The fourth-order valence-corrected chi connectivity index (χ4v) is 3.14. The van der Waals surface area contributed by atoms with Crippen LogP contribution in [0, 0.1) is 12.8 Å². The van der Waals surface area contributed by atoms with Gasteiger partial charge in [0.25, 0.3) is 0 Å². The van der Waals surface area contributed by atoms with Crippen molar-refractivity contribution in [2.45, 2.75) is 19.8 Å². The highest BCUT2D eigenvalue weighted by Gasteiger charge is 2.27. The first-order valence-electron chi connectivity index (χ1n) is 7.75. The smallest absolute Gasteiger partial charge is 0.314 e. The zero-order valence-electron chi connectivity index (χ0n) is 13.5. The lowest BCUT2D eigenvalue weighted by molar-refractivity contribution is -0.128. The lowest BCUT2D eigenvalue weighted by atomic mass is 9.97. The zero-order chi connectivity index (χ0) is 17.7. The van der Waals surface area contributed by atoms with E-state index < -0.39 is 6.03 Å². The minimum Gasteiger partial charge on any atom is -0.351 e. The molecule has 4 amide bonds. The van der Waals surface area contributed by atoms with E-state index in [0.29, 0.717) is 25.2 Å². The summed E-state index contributed by atoms with van der Waals surface area (Å²) in [6.07, 6.45) is 1.41. The molecule has 4 N–H and O–H groups in total. The van der Waals surface area contributed by atoms with Crippen LogP contribution >= 0.6 is 15.9 Å². The summed E-state index contributed by atoms with van der Waals surface area (Å²) in [5.74, 6) is -0.853. The van der Waals surface area contributed by atoms with Gasteiger partial charge in [-0.3, -0.25) is 9.59 Å². The van der Waals surface area contributed by atoms with Crippen LogP contribution in [0.1, 0.15) is 18.4 Å². The Labute approximate surface area is 149 Å². The van der Waals surface area contributed by atoms with E-state index in [1.807, 2.05) is 19.1 Å². The second kappa shape index (κ2) is 8.14. The molecular weight excluding hydrogens is 376 g/mol. The number of hydrogen-bond acceptors (Lipinski definition) is 3. The number of benzene rings is 1. The molecule has 24 heavy (non-hydrogen) atoms. The molecule has 0 radical (unpaired) electrons. The average molecular weight is 397 g/mol. The predicted molar refractivity (Wildman–Crippen MR) is 94.4 cm³/mol. The van der Waals surface area contributed by atoms with Gasteiger partial charge in [0.2, 0.25) is 11.8 Å². The van der Waals surface area contributed by atoms with Gasteiger partial charge in [-0.1, -0.05) is 15.9 Å². The number of rotatable bonds is 4. The standard InChI is InChI=1S/C16H21BrN4O3/c1-10-7-12(17)4-5-13(10)20-14(22)8-19-15(23)11-3-2-6-21(9-11)16(18)24/h4-5,7,11H,2-3,6,8-9H2,1H3,(H2,18,24)(H,19,23)(H,20,22). The fourth-order valence-electron chi connectivity index (χ4n) is 2.66. The molecule has 0 spiro atoms. The van der Waals surface area contributed by atoms with Crippen molar-refractivity contribution in [3.63, 3.8) is 0 Å². The molecule has 1 aliphatic heterocycles. The van der Waals surface area contributed by atoms with Crippen LogP contribution in [0.15, 0.2) is 22.7 Å². The summed E-state index contributed by atoms with van der Waals surface area (Å²) >= 11 is 3.36. The van der Waals surface area contributed by atoms with Gasteiger partial charge in [-0.15, -0.1) is 0 Å². The van der Waals surface area contributed by atoms with Crippen molar-refractivity contribution in [2.24, 2.45) is 11.7 Å². The van der Waals surface area contributed by atoms with Gasteiger partial charge in [-0.05, 0) is 43.5 Å². The van der Waals surface area contributed by atoms with Crippen molar-refractivity contribution in [2.75, 3.05) is 25.0 Å². The maximum atomic E-state index is 12.2. The first-order chi connectivity index (χ1) is 11.4. The first-order valence-corrected chi connectivity index (χ1v) is 8.54. The lowest BCUT2D eigenvalue weighted by Gasteiger charge is -2.30. The summed E-state index contributed by atoms with van der Waals surface area (Å²) in [6.45, 7) is 2.65. The van der Waals surface area contributed by atoms with Gasteiger partial charge in [-0.2, -0.15) is 0 Å². The Morgan fingerprint density at radius 3 is 2.79 bits per heavy atom. The summed E-state index contributed by atoms with van der Waals surface area (Å²) in [6, 6.07) is 5.01. The van der Waals surface area contributed by atoms with Crippen molar-refractivity contribution in [1.29, 1.82) is 0 Å². The Balaban J connectivity index is 1.82. The molecule has 0 bridgehead atoms. The Morgan fingerprint density at radius 1 is 1.38 bits per heavy atom. The van der Waals surface area contributed by atoms with Crippen molar-refractivity contribution in [3.05, 3.63) is 28.2 Å². The van der Waals surface area contributed by atoms with Gasteiger partial charge in [0.05, 0.1) is 12.5 Å². The number of anilines is 1. The number of piperidine rings is 1. The summed E-state index contributed by atoms with van der Waals surface area (Å²) in [5, 5.41) is 5.39. The van der Waals surface area contributed by atoms with Gasteiger partial charge >= 0.3 is 6.03 Å². The van der Waals surface area contributed by atoms with E-state index in [1.165, 1.54) is 4.90 Å². The minimum atomic E-state index is -0.518. The van der Waals surface area contributed by atoms with Crippen LogP contribution in [-0.4, -0.2) is 42.4 Å². The number of urea groups is 1. The molecule has 1 aromatic rings. The number of nitrogens with one attached hydrogen (secondary N) is 2. The Hall–Kier alpha value is -2.09. The molecular formula is C16H21BrN4O3. The van der Waals surface area contributed by atoms with Crippen molar-refractivity contribution in [3.8, 4) is 0 Å². The number of aryl methyl sites for hydroxylation is 1. The second-order valence-corrected chi connectivity index (χ2v) is 6.76. The molecule has 0 saturated carbocycles. The molecule has 1 unspecified atom stereocenters. The summed E-state index contributed by atoms with van der Waals surface area (Å²) in [7, 11) is 0. The van der Waals surface area contributed by atoms with E-state index >= 15 is 0 Å². The predicted octanol–water partition coefficient (Wildman–Crippen LogP) is 1.60.